The van der Waals surface area contributed by atoms with Crippen LogP contribution in [0.15, 0.2) is 45.9 Å². The molecule has 1 saturated heterocycles. The lowest BCUT2D eigenvalue weighted by Crippen LogP contribution is -2.40. The van der Waals surface area contributed by atoms with Crippen molar-refractivity contribution in [2.24, 2.45) is 0 Å². The van der Waals surface area contributed by atoms with E-state index in [1.54, 1.807) is 12.1 Å². The summed E-state index contributed by atoms with van der Waals surface area (Å²) >= 11 is 0. The van der Waals surface area contributed by atoms with Gasteiger partial charge in [-0.1, -0.05) is 0 Å². The molecule has 0 spiro atoms. The van der Waals surface area contributed by atoms with E-state index in [1.807, 2.05) is 0 Å². The fraction of sp³-hybridized carbons (Fsp3) is 0.312. The van der Waals surface area contributed by atoms with Crippen LogP contribution in [-0.4, -0.2) is 50.1 Å². The number of morpholine rings is 1. The Bertz CT molecular complexity index is 839. The Morgan fingerprint density at radius 1 is 1.24 bits per heavy atom. The largest absolute Gasteiger partial charge is 0.484 e. The molecule has 3 rings (SSSR count). The molecular formula is C16H17NO7S. The van der Waals surface area contributed by atoms with Crippen molar-refractivity contribution < 1.29 is 32.2 Å². The summed E-state index contributed by atoms with van der Waals surface area (Å²) < 4.78 is 43.0. The molecule has 0 amide bonds. The molecule has 134 valence electrons. The molecule has 1 aromatic carbocycles. The Kier molecular flexibility index (Phi) is 5.07. The standard InChI is InChI=1S/C16H17NO7S/c18-16(19)12-3-4-14(24-11-13-2-1-7-23-13)15(10-12)25(20,21)17-5-8-22-9-6-17/h1-4,7,10H,5-6,8-9,11H2,(H,18,19). The van der Waals surface area contributed by atoms with Crippen LogP contribution in [0.5, 0.6) is 5.75 Å². The van der Waals surface area contributed by atoms with Gasteiger partial charge >= 0.3 is 5.97 Å². The number of rotatable bonds is 6. The number of ether oxygens (including phenoxy) is 2. The van der Waals surface area contributed by atoms with Crippen LogP contribution in [0.3, 0.4) is 0 Å². The number of hydrogen-bond acceptors (Lipinski definition) is 6. The van der Waals surface area contributed by atoms with Gasteiger partial charge in [-0.25, -0.2) is 13.2 Å². The molecule has 25 heavy (non-hydrogen) atoms. The number of nitrogens with zero attached hydrogens (tertiary/aromatic N) is 1. The molecule has 0 radical (unpaired) electrons. The predicted octanol–water partition coefficient (Wildman–Crippen LogP) is 1.58. The second kappa shape index (κ2) is 7.26. The molecule has 0 atom stereocenters. The minimum absolute atomic E-state index is 0.0328. The third kappa shape index (κ3) is 3.84. The first-order valence-electron chi connectivity index (χ1n) is 7.59. The molecule has 1 aliphatic heterocycles. The number of hydrogen-bond donors (Lipinski definition) is 1. The van der Waals surface area contributed by atoms with Crippen LogP contribution in [-0.2, 0) is 21.4 Å². The molecule has 1 aromatic heterocycles. The maximum Gasteiger partial charge on any atom is 0.335 e. The third-order valence-corrected chi connectivity index (χ3v) is 5.65. The molecule has 2 heterocycles. The molecule has 8 nitrogen and oxygen atoms in total. The molecule has 0 aliphatic carbocycles. The third-order valence-electron chi connectivity index (χ3n) is 3.73. The molecule has 0 unspecified atom stereocenters. The van der Waals surface area contributed by atoms with E-state index in [9.17, 15) is 18.3 Å². The van der Waals surface area contributed by atoms with Crippen molar-refractivity contribution in [1.82, 2.24) is 4.31 Å². The average Bonchev–Trinajstić information content (AvgIpc) is 3.14. The first-order chi connectivity index (χ1) is 12.0. The lowest BCUT2D eigenvalue weighted by atomic mass is 10.2. The van der Waals surface area contributed by atoms with Crippen LogP contribution >= 0.6 is 0 Å². The summed E-state index contributed by atoms with van der Waals surface area (Å²) in [7, 11) is -3.91. The van der Waals surface area contributed by atoms with Gasteiger partial charge in [-0.15, -0.1) is 0 Å². The van der Waals surface area contributed by atoms with Gasteiger partial charge < -0.3 is 19.0 Å². The predicted molar refractivity (Wildman–Crippen MR) is 86.0 cm³/mol. The van der Waals surface area contributed by atoms with Crippen molar-refractivity contribution in [2.45, 2.75) is 11.5 Å². The molecule has 2 aromatic rings. The summed E-state index contributed by atoms with van der Waals surface area (Å²) in [5.41, 5.74) is -0.128. The van der Waals surface area contributed by atoms with E-state index >= 15 is 0 Å². The van der Waals surface area contributed by atoms with Crippen LogP contribution < -0.4 is 4.74 Å². The molecule has 1 N–H and O–H groups in total. The van der Waals surface area contributed by atoms with Gasteiger partial charge in [0.15, 0.2) is 0 Å². The van der Waals surface area contributed by atoms with E-state index in [-0.39, 0.29) is 35.9 Å². The number of carbonyl (C=O) groups is 1. The van der Waals surface area contributed by atoms with Gasteiger partial charge in [0.05, 0.1) is 25.0 Å². The number of carboxylic acid groups (broad SMARTS) is 1. The SMILES string of the molecule is O=C(O)c1ccc(OCc2ccco2)c(S(=O)(=O)N2CCOCC2)c1. The first kappa shape index (κ1) is 17.5. The summed E-state index contributed by atoms with van der Waals surface area (Å²) in [6.07, 6.45) is 1.48. The van der Waals surface area contributed by atoms with Crippen molar-refractivity contribution >= 4 is 16.0 Å². The number of aromatic carboxylic acids is 1. The van der Waals surface area contributed by atoms with Gasteiger partial charge in [-0.2, -0.15) is 4.31 Å². The zero-order valence-electron chi connectivity index (χ0n) is 13.3. The van der Waals surface area contributed by atoms with Crippen molar-refractivity contribution in [1.29, 1.82) is 0 Å². The average molecular weight is 367 g/mol. The van der Waals surface area contributed by atoms with Gasteiger partial charge in [0.2, 0.25) is 10.0 Å². The van der Waals surface area contributed by atoms with E-state index in [2.05, 4.69) is 0 Å². The van der Waals surface area contributed by atoms with Gasteiger partial charge in [0.1, 0.15) is 23.0 Å². The molecular weight excluding hydrogens is 350 g/mol. The summed E-state index contributed by atoms with van der Waals surface area (Å²) in [5.74, 6) is -0.610. The highest BCUT2D eigenvalue weighted by Gasteiger charge is 2.30. The molecule has 9 heteroatoms. The summed E-state index contributed by atoms with van der Waals surface area (Å²) in [6, 6.07) is 7.15. The number of carboxylic acids is 1. The lowest BCUT2D eigenvalue weighted by Gasteiger charge is -2.26. The van der Waals surface area contributed by atoms with Crippen LogP contribution in [0, 0.1) is 0 Å². The van der Waals surface area contributed by atoms with Crippen molar-refractivity contribution in [2.75, 3.05) is 26.3 Å². The van der Waals surface area contributed by atoms with E-state index in [0.29, 0.717) is 19.0 Å². The number of furan rings is 1. The minimum atomic E-state index is -3.91. The fourth-order valence-electron chi connectivity index (χ4n) is 2.43. The maximum absolute atomic E-state index is 12.9. The Morgan fingerprint density at radius 2 is 2.00 bits per heavy atom. The zero-order valence-corrected chi connectivity index (χ0v) is 14.1. The Balaban J connectivity index is 1.95. The van der Waals surface area contributed by atoms with Crippen LogP contribution in [0.4, 0.5) is 0 Å². The van der Waals surface area contributed by atoms with Crippen molar-refractivity contribution in [3.05, 3.63) is 47.9 Å². The Hall–Kier alpha value is -2.36. The van der Waals surface area contributed by atoms with Gasteiger partial charge in [-0.3, -0.25) is 0 Å². The van der Waals surface area contributed by atoms with Gasteiger partial charge in [-0.05, 0) is 30.3 Å². The van der Waals surface area contributed by atoms with E-state index in [4.69, 9.17) is 13.9 Å². The van der Waals surface area contributed by atoms with E-state index in [1.165, 1.54) is 22.7 Å². The van der Waals surface area contributed by atoms with Crippen LogP contribution in [0.25, 0.3) is 0 Å². The summed E-state index contributed by atoms with van der Waals surface area (Å²) in [5, 5.41) is 9.17. The number of sulfonamides is 1. The second-order valence-corrected chi connectivity index (χ2v) is 7.26. The van der Waals surface area contributed by atoms with Crippen LogP contribution in [0.1, 0.15) is 16.1 Å². The number of benzene rings is 1. The normalized spacial score (nSPS) is 15.8. The molecule has 1 aliphatic rings. The monoisotopic (exact) mass is 367 g/mol. The smallest absolute Gasteiger partial charge is 0.335 e. The minimum Gasteiger partial charge on any atom is -0.484 e. The highest BCUT2D eigenvalue weighted by molar-refractivity contribution is 7.89. The van der Waals surface area contributed by atoms with Gasteiger partial charge in [0.25, 0.3) is 0 Å². The molecule has 1 fully saturated rings. The quantitative estimate of drug-likeness (QED) is 0.826. The topological polar surface area (TPSA) is 106 Å². The van der Waals surface area contributed by atoms with Crippen molar-refractivity contribution in [3.63, 3.8) is 0 Å². The lowest BCUT2D eigenvalue weighted by molar-refractivity contribution is 0.0695. The Labute approximate surface area is 144 Å². The maximum atomic E-state index is 12.9. The summed E-state index contributed by atoms with van der Waals surface area (Å²) in [6.45, 7) is 1.03. The van der Waals surface area contributed by atoms with Crippen LogP contribution in [0.2, 0.25) is 0 Å². The molecule has 0 bridgehead atoms. The molecule has 0 saturated carbocycles. The van der Waals surface area contributed by atoms with Crippen molar-refractivity contribution in [3.8, 4) is 5.75 Å². The van der Waals surface area contributed by atoms with Gasteiger partial charge in [0, 0.05) is 13.1 Å². The fourth-order valence-corrected chi connectivity index (χ4v) is 4.00. The van der Waals surface area contributed by atoms with E-state index in [0.717, 1.165) is 6.07 Å². The second-order valence-electron chi connectivity index (χ2n) is 5.35. The Morgan fingerprint density at radius 3 is 2.64 bits per heavy atom. The first-order valence-corrected chi connectivity index (χ1v) is 9.03. The highest BCUT2D eigenvalue weighted by Crippen LogP contribution is 2.29. The zero-order chi connectivity index (χ0) is 17.9. The van der Waals surface area contributed by atoms with E-state index < -0.39 is 16.0 Å². The summed E-state index contributed by atoms with van der Waals surface area (Å²) in [4.78, 5) is 11.0. The highest BCUT2D eigenvalue weighted by atomic mass is 32.2.